The van der Waals surface area contributed by atoms with Crippen LogP contribution in [0.4, 0.5) is 0 Å². The predicted octanol–water partition coefficient (Wildman–Crippen LogP) is 4.72. The van der Waals surface area contributed by atoms with Gasteiger partial charge < -0.3 is 14.6 Å². The minimum Gasteiger partial charge on any atom is -0.492 e. The molecule has 29 heavy (non-hydrogen) atoms. The van der Waals surface area contributed by atoms with Gasteiger partial charge >= 0.3 is 0 Å². The van der Waals surface area contributed by atoms with E-state index in [4.69, 9.17) is 16.3 Å². The molecule has 0 spiro atoms. The number of ether oxygens (including phenoxy) is 1. The highest BCUT2D eigenvalue weighted by Gasteiger charge is 2.26. The maximum absolute atomic E-state index is 12.8. The molecular weight excluding hydrogens is 388 g/mol. The Labute approximate surface area is 175 Å². The summed E-state index contributed by atoms with van der Waals surface area (Å²) in [5.41, 5.74) is 1.02. The number of nitrogens with one attached hydrogen (secondary N) is 1. The molecule has 0 fully saturated rings. The van der Waals surface area contributed by atoms with E-state index >= 15 is 0 Å². The molecule has 5 nitrogen and oxygen atoms in total. The number of carbonyl (C=O) groups excluding carboxylic acids is 2. The van der Waals surface area contributed by atoms with Crippen LogP contribution in [0.2, 0.25) is 5.02 Å². The number of rotatable bonds is 7. The lowest BCUT2D eigenvalue weighted by molar-refractivity contribution is -0.121. The van der Waals surface area contributed by atoms with Crippen LogP contribution in [0.15, 0.2) is 54.7 Å². The van der Waals surface area contributed by atoms with Crippen molar-refractivity contribution < 1.29 is 14.3 Å². The van der Waals surface area contributed by atoms with Crippen LogP contribution in [0.3, 0.4) is 0 Å². The van der Waals surface area contributed by atoms with E-state index in [2.05, 4.69) is 5.32 Å². The molecule has 0 bridgehead atoms. The molecule has 1 amide bonds. The molecular formula is C23H25ClN2O3. The Hall–Kier alpha value is -2.79. The standard InChI is InChI=1S/C23H25ClN2O3/c1-23(2,3)22(28)19-14-26(20-7-5-4-6-18(19)20)15-21(27)25-12-13-29-17-10-8-16(24)9-11-17/h4-11,14H,12-13,15H2,1-3H3,(H,25,27). The molecule has 0 aliphatic rings. The lowest BCUT2D eigenvalue weighted by Crippen LogP contribution is -2.31. The first-order valence-corrected chi connectivity index (χ1v) is 9.91. The smallest absolute Gasteiger partial charge is 0.240 e. The van der Waals surface area contributed by atoms with Crippen molar-refractivity contribution in [3.8, 4) is 5.75 Å². The maximum atomic E-state index is 12.8. The van der Waals surface area contributed by atoms with E-state index < -0.39 is 5.41 Å². The summed E-state index contributed by atoms with van der Waals surface area (Å²) in [5, 5.41) is 4.36. The molecule has 3 rings (SSSR count). The van der Waals surface area contributed by atoms with E-state index in [-0.39, 0.29) is 18.2 Å². The number of hydrogen-bond acceptors (Lipinski definition) is 3. The third-order valence-electron chi connectivity index (χ3n) is 4.53. The number of fused-ring (bicyclic) bond motifs is 1. The van der Waals surface area contributed by atoms with Crippen molar-refractivity contribution in [1.29, 1.82) is 0 Å². The van der Waals surface area contributed by atoms with E-state index in [9.17, 15) is 9.59 Å². The number of amides is 1. The molecule has 0 aliphatic heterocycles. The first-order chi connectivity index (χ1) is 13.8. The zero-order chi connectivity index (χ0) is 21.0. The van der Waals surface area contributed by atoms with Crippen molar-refractivity contribution >= 4 is 34.2 Å². The van der Waals surface area contributed by atoms with Gasteiger partial charge in [-0.15, -0.1) is 0 Å². The summed E-state index contributed by atoms with van der Waals surface area (Å²) in [5.74, 6) is 0.620. The number of benzene rings is 2. The molecule has 1 heterocycles. The maximum Gasteiger partial charge on any atom is 0.240 e. The largest absolute Gasteiger partial charge is 0.492 e. The van der Waals surface area contributed by atoms with Gasteiger partial charge in [-0.1, -0.05) is 50.6 Å². The first kappa shape index (κ1) is 20.9. The van der Waals surface area contributed by atoms with Crippen LogP contribution in [0.5, 0.6) is 5.75 Å². The van der Waals surface area contributed by atoms with Crippen LogP contribution in [0.25, 0.3) is 10.9 Å². The molecule has 1 aromatic heterocycles. The van der Waals surface area contributed by atoms with Gasteiger partial charge in [-0.05, 0) is 30.3 Å². The monoisotopic (exact) mass is 412 g/mol. The molecule has 152 valence electrons. The predicted molar refractivity (Wildman–Crippen MR) is 116 cm³/mol. The lowest BCUT2D eigenvalue weighted by atomic mass is 9.86. The van der Waals surface area contributed by atoms with Crippen LogP contribution in [-0.4, -0.2) is 29.4 Å². The second-order valence-corrected chi connectivity index (χ2v) is 8.36. The van der Waals surface area contributed by atoms with Gasteiger partial charge in [-0.2, -0.15) is 0 Å². The Morgan fingerprint density at radius 2 is 1.76 bits per heavy atom. The highest BCUT2D eigenvalue weighted by molar-refractivity contribution is 6.30. The number of carbonyl (C=O) groups is 2. The average Bonchev–Trinajstić information content (AvgIpc) is 3.04. The summed E-state index contributed by atoms with van der Waals surface area (Å²) in [4.78, 5) is 25.2. The molecule has 0 unspecified atom stereocenters. The van der Waals surface area contributed by atoms with E-state index in [1.54, 1.807) is 30.5 Å². The van der Waals surface area contributed by atoms with Crippen LogP contribution in [0.1, 0.15) is 31.1 Å². The van der Waals surface area contributed by atoms with Gasteiger partial charge in [0.2, 0.25) is 5.91 Å². The van der Waals surface area contributed by atoms with Gasteiger partial charge in [0.25, 0.3) is 0 Å². The number of aromatic nitrogens is 1. The lowest BCUT2D eigenvalue weighted by Gasteiger charge is -2.15. The van der Waals surface area contributed by atoms with Gasteiger partial charge in [0.05, 0.1) is 6.54 Å². The molecule has 0 atom stereocenters. The van der Waals surface area contributed by atoms with Gasteiger partial charge in [0, 0.05) is 33.1 Å². The SMILES string of the molecule is CC(C)(C)C(=O)c1cn(CC(=O)NCCOc2ccc(Cl)cc2)c2ccccc12. The highest BCUT2D eigenvalue weighted by Crippen LogP contribution is 2.28. The van der Waals surface area contributed by atoms with Crippen molar-refractivity contribution in [2.24, 2.45) is 5.41 Å². The molecule has 0 aliphatic carbocycles. The normalized spacial score (nSPS) is 11.4. The minimum absolute atomic E-state index is 0.0595. The van der Waals surface area contributed by atoms with E-state index in [1.165, 1.54) is 0 Å². The average molecular weight is 413 g/mol. The highest BCUT2D eigenvalue weighted by atomic mass is 35.5. The van der Waals surface area contributed by atoms with Gasteiger partial charge in [0.1, 0.15) is 18.9 Å². The van der Waals surface area contributed by atoms with Crippen LogP contribution in [-0.2, 0) is 11.3 Å². The molecule has 1 N–H and O–H groups in total. The van der Waals surface area contributed by atoms with Crippen molar-refractivity contribution in [1.82, 2.24) is 9.88 Å². The number of ketones is 1. The quantitative estimate of drug-likeness (QED) is 0.451. The van der Waals surface area contributed by atoms with Gasteiger partial charge in [-0.3, -0.25) is 9.59 Å². The van der Waals surface area contributed by atoms with Gasteiger partial charge in [0.15, 0.2) is 5.78 Å². The van der Waals surface area contributed by atoms with E-state index in [1.807, 2.05) is 49.6 Å². The molecule has 3 aromatic rings. The number of halogens is 1. The Balaban J connectivity index is 1.63. The number of para-hydroxylation sites is 1. The molecule has 2 aromatic carbocycles. The Morgan fingerprint density at radius 3 is 2.45 bits per heavy atom. The summed E-state index contributed by atoms with van der Waals surface area (Å²) in [6, 6.07) is 14.7. The zero-order valence-electron chi connectivity index (χ0n) is 16.9. The van der Waals surface area contributed by atoms with Gasteiger partial charge in [-0.25, -0.2) is 0 Å². The van der Waals surface area contributed by atoms with Crippen molar-refractivity contribution in [3.05, 3.63) is 65.3 Å². The second kappa shape index (κ2) is 8.70. The third-order valence-corrected chi connectivity index (χ3v) is 4.79. The number of hydrogen-bond donors (Lipinski definition) is 1. The summed E-state index contributed by atoms with van der Waals surface area (Å²) >= 11 is 5.84. The van der Waals surface area contributed by atoms with Crippen molar-refractivity contribution in [3.63, 3.8) is 0 Å². The summed E-state index contributed by atoms with van der Waals surface area (Å²) in [6.45, 7) is 6.57. The second-order valence-electron chi connectivity index (χ2n) is 7.92. The minimum atomic E-state index is -0.490. The summed E-state index contributed by atoms with van der Waals surface area (Å²) in [7, 11) is 0. The van der Waals surface area contributed by atoms with E-state index in [0.717, 1.165) is 10.9 Å². The van der Waals surface area contributed by atoms with Crippen LogP contribution in [0, 0.1) is 5.41 Å². The van der Waals surface area contributed by atoms with Crippen LogP contribution >= 0.6 is 11.6 Å². The third kappa shape index (κ3) is 5.18. The molecule has 0 saturated heterocycles. The Morgan fingerprint density at radius 1 is 1.07 bits per heavy atom. The first-order valence-electron chi connectivity index (χ1n) is 9.53. The summed E-state index contributed by atoms with van der Waals surface area (Å²) in [6.07, 6.45) is 1.78. The fraction of sp³-hybridized carbons (Fsp3) is 0.304. The number of Topliss-reactive ketones (excluding diaryl/α,β-unsaturated/α-hetero) is 1. The molecule has 0 radical (unpaired) electrons. The molecule has 6 heteroatoms. The van der Waals surface area contributed by atoms with E-state index in [0.29, 0.717) is 29.5 Å². The van der Waals surface area contributed by atoms with Crippen molar-refractivity contribution in [2.75, 3.05) is 13.2 Å². The van der Waals surface area contributed by atoms with Crippen LogP contribution < -0.4 is 10.1 Å². The Kier molecular flexibility index (Phi) is 6.28. The molecule has 0 saturated carbocycles. The fourth-order valence-corrected chi connectivity index (χ4v) is 3.19. The zero-order valence-corrected chi connectivity index (χ0v) is 17.6. The number of nitrogens with zero attached hydrogens (tertiary/aromatic N) is 1. The summed E-state index contributed by atoms with van der Waals surface area (Å²) < 4.78 is 7.40. The fourth-order valence-electron chi connectivity index (χ4n) is 3.06. The van der Waals surface area contributed by atoms with Crippen molar-refractivity contribution in [2.45, 2.75) is 27.3 Å². The Bertz CT molecular complexity index is 1020. The topological polar surface area (TPSA) is 60.3 Å².